The predicted molar refractivity (Wildman–Crippen MR) is 151 cm³/mol. The lowest BCUT2D eigenvalue weighted by Crippen LogP contribution is -2.42. The van der Waals surface area contributed by atoms with E-state index >= 15 is 0 Å². The first-order chi connectivity index (χ1) is 18.3. The standard InChI is InChI=1S/C28H26Cl2N2O5S/c1-3-5-14-37-27(34)23-21(31)18(15-16-10-6-8-12-19(16)29)22-25(28(35)36-4-2)38-24(26(33)32(22)23)17-11-7-9-13-20(17)30/h6-13,15,24H,3-5,14,31H2,1-2H3/b18-15+/t24-/m1/s1. The molecule has 2 heterocycles. The molecule has 1 aliphatic rings. The maximum atomic E-state index is 14.1. The van der Waals surface area contributed by atoms with E-state index < -0.39 is 23.1 Å². The fourth-order valence-electron chi connectivity index (χ4n) is 4.09. The summed E-state index contributed by atoms with van der Waals surface area (Å²) in [5.74, 6) is -1.91. The number of rotatable bonds is 8. The number of benzene rings is 2. The normalized spacial score (nSPS) is 15.4. The summed E-state index contributed by atoms with van der Waals surface area (Å²) in [6, 6.07) is 13.9. The zero-order chi connectivity index (χ0) is 27.4. The summed E-state index contributed by atoms with van der Waals surface area (Å²) in [6.45, 7) is 3.92. The zero-order valence-corrected chi connectivity index (χ0v) is 23.2. The van der Waals surface area contributed by atoms with Crippen LogP contribution in [0.3, 0.4) is 0 Å². The molecule has 0 bridgehead atoms. The molecule has 10 heteroatoms. The van der Waals surface area contributed by atoms with Gasteiger partial charge in [-0.05, 0) is 42.7 Å². The first kappa shape index (κ1) is 27.8. The topological polar surface area (TPSA) is 101 Å². The fraction of sp³-hybridized carbons (Fsp3) is 0.250. The SMILES string of the molecule is CCCCOC(=O)c1c(N)/c(=C\c2ccccc2Cl)c2n1C(=O)[C@@H](c1ccccc1Cl)SC=2C(=O)OCC. The Morgan fingerprint density at radius 2 is 1.71 bits per heavy atom. The quantitative estimate of drug-likeness (QED) is 0.300. The summed E-state index contributed by atoms with van der Waals surface area (Å²) < 4.78 is 12.0. The van der Waals surface area contributed by atoms with Gasteiger partial charge in [0.2, 0.25) is 5.91 Å². The van der Waals surface area contributed by atoms with Crippen LogP contribution >= 0.6 is 35.0 Å². The molecule has 0 unspecified atom stereocenters. The second kappa shape index (κ2) is 12.1. The highest BCUT2D eigenvalue weighted by Gasteiger charge is 2.39. The highest BCUT2D eigenvalue weighted by atomic mass is 35.5. The van der Waals surface area contributed by atoms with E-state index in [9.17, 15) is 14.4 Å². The molecule has 0 saturated heterocycles. The molecule has 2 aromatic carbocycles. The third-order valence-corrected chi connectivity index (χ3v) is 7.90. The zero-order valence-electron chi connectivity index (χ0n) is 20.8. The number of ether oxygens (including phenoxy) is 2. The van der Waals surface area contributed by atoms with E-state index in [1.165, 1.54) is 4.57 Å². The molecule has 0 saturated carbocycles. The number of hydrogen-bond donors (Lipinski definition) is 1. The molecule has 1 aliphatic heterocycles. The van der Waals surface area contributed by atoms with E-state index in [0.29, 0.717) is 32.8 Å². The number of thioether (sulfide) groups is 1. The molecule has 38 heavy (non-hydrogen) atoms. The largest absolute Gasteiger partial charge is 0.462 e. The van der Waals surface area contributed by atoms with Crippen molar-refractivity contribution in [1.29, 1.82) is 0 Å². The van der Waals surface area contributed by atoms with E-state index in [0.717, 1.165) is 18.2 Å². The van der Waals surface area contributed by atoms with Gasteiger partial charge < -0.3 is 15.2 Å². The number of unbranched alkanes of at least 4 members (excludes halogenated alkanes) is 1. The maximum Gasteiger partial charge on any atom is 0.357 e. The lowest BCUT2D eigenvalue weighted by Gasteiger charge is -2.24. The Morgan fingerprint density at radius 3 is 2.37 bits per heavy atom. The summed E-state index contributed by atoms with van der Waals surface area (Å²) >= 11 is 13.9. The predicted octanol–water partition coefficient (Wildman–Crippen LogP) is 4.96. The van der Waals surface area contributed by atoms with Gasteiger partial charge in [-0.25, -0.2) is 9.59 Å². The first-order valence-electron chi connectivity index (χ1n) is 12.1. The van der Waals surface area contributed by atoms with Crippen LogP contribution in [0.15, 0.2) is 48.5 Å². The Hall–Kier alpha value is -3.20. The molecule has 1 aromatic heterocycles. The first-order valence-corrected chi connectivity index (χ1v) is 13.7. The number of esters is 2. The molecule has 198 valence electrons. The van der Waals surface area contributed by atoms with Gasteiger partial charge >= 0.3 is 11.9 Å². The average Bonchev–Trinajstić information content (AvgIpc) is 3.19. The van der Waals surface area contributed by atoms with Crippen LogP contribution in [-0.4, -0.2) is 35.6 Å². The van der Waals surface area contributed by atoms with Crippen molar-refractivity contribution in [3.8, 4) is 0 Å². The van der Waals surface area contributed by atoms with E-state index in [1.807, 2.05) is 6.92 Å². The number of hydrogen-bond acceptors (Lipinski definition) is 7. The minimum atomic E-state index is -0.933. The van der Waals surface area contributed by atoms with Crippen LogP contribution in [0, 0.1) is 0 Å². The van der Waals surface area contributed by atoms with E-state index in [-0.39, 0.29) is 34.8 Å². The summed E-state index contributed by atoms with van der Waals surface area (Å²) in [4.78, 5) is 40.8. The van der Waals surface area contributed by atoms with Crippen LogP contribution in [0.2, 0.25) is 10.0 Å². The van der Waals surface area contributed by atoms with Crippen LogP contribution in [0.5, 0.6) is 0 Å². The lowest BCUT2D eigenvalue weighted by molar-refractivity contribution is -0.135. The molecule has 1 atom stereocenters. The number of nitrogens with two attached hydrogens (primary N) is 1. The van der Waals surface area contributed by atoms with Crippen LogP contribution in [0.25, 0.3) is 11.0 Å². The number of fused-ring (bicyclic) bond motifs is 1. The van der Waals surface area contributed by atoms with Crippen LogP contribution < -0.4 is 16.3 Å². The Morgan fingerprint density at radius 1 is 1.03 bits per heavy atom. The van der Waals surface area contributed by atoms with Crippen LogP contribution in [-0.2, 0) is 14.3 Å². The van der Waals surface area contributed by atoms with Crippen LogP contribution in [0.1, 0.15) is 58.3 Å². The number of aromatic nitrogens is 1. The second-order valence-corrected chi connectivity index (χ2v) is 10.4. The third kappa shape index (κ3) is 5.34. The summed E-state index contributed by atoms with van der Waals surface area (Å²) in [7, 11) is 0. The molecule has 0 fully saturated rings. The Labute approximate surface area is 234 Å². The van der Waals surface area contributed by atoms with E-state index in [1.54, 1.807) is 61.5 Å². The van der Waals surface area contributed by atoms with Crippen molar-refractivity contribution in [2.45, 2.75) is 31.9 Å². The smallest absolute Gasteiger partial charge is 0.357 e. The van der Waals surface area contributed by atoms with Crippen molar-refractivity contribution in [3.05, 3.63) is 86.0 Å². The molecule has 3 aromatic rings. The summed E-state index contributed by atoms with van der Waals surface area (Å²) in [5, 5.41) is 0.293. The van der Waals surface area contributed by atoms with Gasteiger partial charge in [-0.3, -0.25) is 9.36 Å². The van der Waals surface area contributed by atoms with Gasteiger partial charge in [0, 0.05) is 15.3 Å². The van der Waals surface area contributed by atoms with E-state index in [2.05, 4.69) is 0 Å². The molecule has 4 rings (SSSR count). The minimum Gasteiger partial charge on any atom is -0.462 e. The third-order valence-electron chi connectivity index (χ3n) is 5.92. The number of nitrogens with zero attached hydrogens (tertiary/aromatic N) is 1. The Balaban J connectivity index is 2.08. The highest BCUT2D eigenvalue weighted by molar-refractivity contribution is 8.10. The van der Waals surface area contributed by atoms with Gasteiger partial charge in [0.15, 0.2) is 5.69 Å². The molecule has 0 amide bonds. The van der Waals surface area contributed by atoms with Crippen molar-refractivity contribution in [3.63, 3.8) is 0 Å². The molecule has 2 N–H and O–H groups in total. The van der Waals surface area contributed by atoms with Crippen molar-refractivity contribution < 1.29 is 23.9 Å². The average molecular weight is 573 g/mol. The van der Waals surface area contributed by atoms with Crippen molar-refractivity contribution in [2.75, 3.05) is 18.9 Å². The van der Waals surface area contributed by atoms with Crippen molar-refractivity contribution >= 4 is 69.5 Å². The Kier molecular flexibility index (Phi) is 8.87. The van der Waals surface area contributed by atoms with Crippen molar-refractivity contribution in [1.82, 2.24) is 4.57 Å². The van der Waals surface area contributed by atoms with Gasteiger partial charge in [0.1, 0.15) is 10.2 Å². The summed E-state index contributed by atoms with van der Waals surface area (Å²) in [6.07, 6.45) is 3.10. The van der Waals surface area contributed by atoms with Gasteiger partial charge in [0.25, 0.3) is 0 Å². The lowest BCUT2D eigenvalue weighted by atomic mass is 10.1. The van der Waals surface area contributed by atoms with Gasteiger partial charge in [-0.2, -0.15) is 0 Å². The minimum absolute atomic E-state index is 0.00280. The maximum absolute atomic E-state index is 14.1. The molecular formula is C28H26Cl2N2O5S. The monoisotopic (exact) mass is 572 g/mol. The van der Waals surface area contributed by atoms with Gasteiger partial charge in [-0.15, -0.1) is 0 Å². The van der Waals surface area contributed by atoms with E-state index in [4.69, 9.17) is 38.4 Å². The van der Waals surface area contributed by atoms with Crippen LogP contribution in [0.4, 0.5) is 5.69 Å². The summed E-state index contributed by atoms with van der Waals surface area (Å²) in [5.41, 5.74) is 7.48. The second-order valence-electron chi connectivity index (χ2n) is 8.42. The number of carbonyl (C=O) groups is 3. The molecule has 0 spiro atoms. The Bertz CT molecular complexity index is 1530. The van der Waals surface area contributed by atoms with Crippen molar-refractivity contribution in [2.24, 2.45) is 0 Å². The molecular weight excluding hydrogens is 547 g/mol. The van der Waals surface area contributed by atoms with Gasteiger partial charge in [0.05, 0.1) is 24.3 Å². The molecule has 0 aliphatic carbocycles. The molecule has 0 radical (unpaired) electrons. The van der Waals surface area contributed by atoms with Gasteiger partial charge in [-0.1, -0.05) is 84.7 Å². The highest BCUT2D eigenvalue weighted by Crippen LogP contribution is 2.42. The molecule has 7 nitrogen and oxygen atoms in total. The number of anilines is 1. The number of carbonyl (C=O) groups excluding carboxylic acids is 3. The number of nitrogen functional groups attached to an aromatic ring is 1. The number of halogens is 2. The fourth-order valence-corrected chi connectivity index (χ4v) is 5.83.